The van der Waals surface area contributed by atoms with E-state index in [9.17, 15) is 19.2 Å². The first-order chi connectivity index (χ1) is 15.7. The van der Waals surface area contributed by atoms with Gasteiger partial charge in [-0.25, -0.2) is 4.79 Å². The molecule has 0 bridgehead atoms. The third-order valence-electron chi connectivity index (χ3n) is 4.87. The molecule has 2 atom stereocenters. The summed E-state index contributed by atoms with van der Waals surface area (Å²) in [5.41, 5.74) is 6.28. The van der Waals surface area contributed by atoms with Gasteiger partial charge < -0.3 is 26.0 Å². The summed E-state index contributed by atoms with van der Waals surface area (Å²) in [4.78, 5) is 52.5. The van der Waals surface area contributed by atoms with Crippen molar-refractivity contribution >= 4 is 23.8 Å². The predicted molar refractivity (Wildman–Crippen MR) is 131 cm³/mol. The van der Waals surface area contributed by atoms with Crippen molar-refractivity contribution in [1.82, 2.24) is 15.5 Å². The van der Waals surface area contributed by atoms with E-state index in [0.29, 0.717) is 5.56 Å². The zero-order chi connectivity index (χ0) is 26.2. The number of rotatable bonds is 10. The Morgan fingerprint density at radius 3 is 1.97 bits per heavy atom. The van der Waals surface area contributed by atoms with E-state index in [1.165, 1.54) is 4.90 Å². The summed E-state index contributed by atoms with van der Waals surface area (Å²) < 4.78 is 5.26. The van der Waals surface area contributed by atoms with Crippen molar-refractivity contribution in [1.29, 1.82) is 0 Å². The number of hydrogen-bond donors (Lipinski definition) is 3. The molecule has 0 saturated carbocycles. The minimum atomic E-state index is -1.29. The molecule has 0 aliphatic rings. The molecule has 1 aromatic rings. The molecular formula is C25H40N4O5. The Morgan fingerprint density at radius 1 is 1.00 bits per heavy atom. The number of aryl methyl sites for hydroxylation is 1. The van der Waals surface area contributed by atoms with E-state index in [-0.39, 0.29) is 11.9 Å². The van der Waals surface area contributed by atoms with Crippen LogP contribution in [-0.4, -0.2) is 52.4 Å². The second-order valence-electron chi connectivity index (χ2n) is 9.87. The number of carbonyl (C=O) groups excluding carboxylic acids is 4. The van der Waals surface area contributed by atoms with Crippen molar-refractivity contribution in [3.63, 3.8) is 0 Å². The van der Waals surface area contributed by atoms with Crippen molar-refractivity contribution in [2.24, 2.45) is 5.73 Å². The summed E-state index contributed by atoms with van der Waals surface area (Å²) in [7, 11) is 0. The molecule has 0 heterocycles. The van der Waals surface area contributed by atoms with Crippen LogP contribution in [0.3, 0.4) is 0 Å². The molecule has 0 spiro atoms. The Morgan fingerprint density at radius 2 is 1.56 bits per heavy atom. The second-order valence-corrected chi connectivity index (χ2v) is 9.87. The number of carbonyl (C=O) groups is 4. The number of benzene rings is 1. The smallest absolute Gasteiger partial charge is 0.408 e. The fourth-order valence-electron chi connectivity index (χ4n) is 3.45. The van der Waals surface area contributed by atoms with Gasteiger partial charge in [0.15, 0.2) is 0 Å². The van der Waals surface area contributed by atoms with Crippen molar-refractivity contribution in [2.75, 3.05) is 0 Å². The van der Waals surface area contributed by atoms with Crippen LogP contribution in [0.2, 0.25) is 0 Å². The fourth-order valence-corrected chi connectivity index (χ4v) is 3.45. The van der Waals surface area contributed by atoms with Crippen LogP contribution in [0, 0.1) is 0 Å². The molecule has 9 heteroatoms. The molecule has 0 radical (unpaired) electrons. The van der Waals surface area contributed by atoms with Crippen LogP contribution in [0.15, 0.2) is 24.3 Å². The van der Waals surface area contributed by atoms with E-state index in [2.05, 4.69) is 10.6 Å². The number of nitrogens with zero attached hydrogens (tertiary/aromatic N) is 1. The van der Waals surface area contributed by atoms with E-state index in [1.54, 1.807) is 34.6 Å². The summed E-state index contributed by atoms with van der Waals surface area (Å²) in [6, 6.07) is 4.59. The first kappa shape index (κ1) is 28.9. The van der Waals surface area contributed by atoms with Crippen LogP contribution in [0.25, 0.3) is 0 Å². The monoisotopic (exact) mass is 476 g/mol. The Labute approximate surface area is 202 Å². The van der Waals surface area contributed by atoms with E-state index in [1.807, 2.05) is 45.0 Å². The van der Waals surface area contributed by atoms with Crippen LogP contribution in [0.1, 0.15) is 79.0 Å². The van der Waals surface area contributed by atoms with E-state index in [4.69, 9.17) is 10.5 Å². The third-order valence-corrected chi connectivity index (χ3v) is 4.87. The maximum Gasteiger partial charge on any atom is 0.408 e. The highest BCUT2D eigenvalue weighted by Crippen LogP contribution is 2.26. The van der Waals surface area contributed by atoms with E-state index in [0.717, 1.165) is 12.0 Å². The molecule has 9 nitrogen and oxygen atoms in total. The van der Waals surface area contributed by atoms with E-state index >= 15 is 0 Å². The van der Waals surface area contributed by atoms with Crippen molar-refractivity contribution < 1.29 is 23.9 Å². The molecule has 0 aliphatic carbocycles. The van der Waals surface area contributed by atoms with Crippen LogP contribution >= 0.6 is 0 Å². The summed E-state index contributed by atoms with van der Waals surface area (Å²) in [5.74, 6) is -1.74. The number of nitrogens with one attached hydrogen (secondary N) is 2. The normalized spacial score (nSPS) is 13.2. The maximum atomic E-state index is 13.7. The van der Waals surface area contributed by atoms with Gasteiger partial charge in [-0.2, -0.15) is 0 Å². The van der Waals surface area contributed by atoms with Gasteiger partial charge in [0.05, 0.1) is 6.42 Å². The molecule has 1 aromatic carbocycles. The molecule has 4 N–H and O–H groups in total. The molecule has 0 fully saturated rings. The van der Waals surface area contributed by atoms with Crippen molar-refractivity contribution in [3.05, 3.63) is 35.4 Å². The molecular weight excluding hydrogens is 436 g/mol. The van der Waals surface area contributed by atoms with Gasteiger partial charge in [-0.05, 0) is 66.0 Å². The lowest BCUT2D eigenvalue weighted by atomic mass is 9.98. The fraction of sp³-hybridized carbons (Fsp3) is 0.600. The standard InChI is InChI=1S/C25H40N4O5/c1-9-17-10-12-18(13-11-17)21(22(31)27-15(2)3)29(16(4)5)23(32)19(14-20(26)30)28-24(33)34-25(6,7)8/h10-13,15-16,19,21H,9,14H2,1-8H3,(H2,26,30)(H,27,31)(H,28,33). The molecule has 4 amide bonds. The zero-order valence-corrected chi connectivity index (χ0v) is 21.6. The molecule has 1 rings (SSSR count). The maximum absolute atomic E-state index is 13.7. The quantitative estimate of drug-likeness (QED) is 0.478. The largest absolute Gasteiger partial charge is 0.444 e. The van der Waals surface area contributed by atoms with Crippen LogP contribution in [-0.2, 0) is 25.5 Å². The molecule has 34 heavy (non-hydrogen) atoms. The van der Waals surface area contributed by atoms with Gasteiger partial charge in [-0.1, -0.05) is 31.2 Å². The molecule has 0 saturated heterocycles. The van der Waals surface area contributed by atoms with Gasteiger partial charge in [0.25, 0.3) is 0 Å². The first-order valence-electron chi connectivity index (χ1n) is 11.7. The number of hydrogen-bond acceptors (Lipinski definition) is 5. The highest BCUT2D eigenvalue weighted by molar-refractivity contribution is 5.94. The predicted octanol–water partition coefficient (Wildman–Crippen LogP) is 2.82. The average molecular weight is 477 g/mol. The summed E-state index contributed by atoms with van der Waals surface area (Å²) in [6.45, 7) is 14.3. The highest BCUT2D eigenvalue weighted by Gasteiger charge is 2.38. The van der Waals surface area contributed by atoms with Crippen LogP contribution < -0.4 is 16.4 Å². The number of alkyl carbamates (subject to hydrolysis) is 1. The summed E-state index contributed by atoms with van der Waals surface area (Å²) >= 11 is 0. The lowest BCUT2D eigenvalue weighted by Crippen LogP contribution is -2.56. The average Bonchev–Trinajstić information content (AvgIpc) is 2.68. The topological polar surface area (TPSA) is 131 Å². The minimum Gasteiger partial charge on any atom is -0.444 e. The second kappa shape index (κ2) is 12.4. The Kier molecular flexibility index (Phi) is 10.5. The Balaban J connectivity index is 3.46. The van der Waals surface area contributed by atoms with Gasteiger partial charge in [-0.15, -0.1) is 0 Å². The van der Waals surface area contributed by atoms with E-state index < -0.39 is 48.1 Å². The van der Waals surface area contributed by atoms with Crippen molar-refractivity contribution in [3.8, 4) is 0 Å². The lowest BCUT2D eigenvalue weighted by molar-refractivity contribution is -0.145. The molecule has 190 valence electrons. The minimum absolute atomic E-state index is 0.157. The molecule has 0 aromatic heterocycles. The van der Waals surface area contributed by atoms with Gasteiger partial charge >= 0.3 is 6.09 Å². The summed E-state index contributed by atoms with van der Waals surface area (Å²) in [6.07, 6.45) is -0.461. The number of nitrogens with two attached hydrogens (primary N) is 1. The zero-order valence-electron chi connectivity index (χ0n) is 21.6. The van der Waals surface area contributed by atoms with Gasteiger partial charge in [0.2, 0.25) is 17.7 Å². The van der Waals surface area contributed by atoms with Crippen molar-refractivity contribution in [2.45, 2.75) is 98.0 Å². The number of ether oxygens (including phenoxy) is 1. The Bertz CT molecular complexity index is 859. The van der Waals surface area contributed by atoms with Crippen LogP contribution in [0.4, 0.5) is 4.79 Å². The Hall–Kier alpha value is -3.10. The SMILES string of the molecule is CCc1ccc(C(C(=O)NC(C)C)N(C(=O)C(CC(N)=O)NC(=O)OC(C)(C)C)C(C)C)cc1. The third kappa shape index (κ3) is 9.03. The van der Waals surface area contributed by atoms with Crippen LogP contribution in [0.5, 0.6) is 0 Å². The van der Waals surface area contributed by atoms with Gasteiger partial charge in [0.1, 0.15) is 17.7 Å². The molecule has 0 aliphatic heterocycles. The lowest BCUT2D eigenvalue weighted by Gasteiger charge is -2.37. The number of amides is 4. The first-order valence-corrected chi connectivity index (χ1v) is 11.7. The summed E-state index contributed by atoms with van der Waals surface area (Å²) in [5, 5.41) is 5.33. The van der Waals surface area contributed by atoms with Gasteiger partial charge in [-0.3, -0.25) is 14.4 Å². The van der Waals surface area contributed by atoms with Gasteiger partial charge in [0, 0.05) is 12.1 Å². The molecule has 2 unspecified atom stereocenters. The highest BCUT2D eigenvalue weighted by atomic mass is 16.6. The number of primary amides is 1.